The fourth-order valence-corrected chi connectivity index (χ4v) is 7.75. The molecule has 1 amide bonds. The predicted octanol–water partition coefficient (Wildman–Crippen LogP) is 5.08. The van der Waals surface area contributed by atoms with E-state index in [1.54, 1.807) is 4.90 Å². The lowest BCUT2D eigenvalue weighted by atomic mass is 9.48. The lowest BCUT2D eigenvalue weighted by Crippen LogP contribution is -2.48. The first kappa shape index (κ1) is 17.7. The van der Waals surface area contributed by atoms with Crippen molar-refractivity contribution in [3.8, 4) is 5.75 Å². The number of phenols is 1. The lowest BCUT2D eigenvalue weighted by Gasteiger charge is -2.57. The molecule has 142 valence electrons. The van der Waals surface area contributed by atoms with Crippen LogP contribution >= 0.6 is 24.0 Å². The second kappa shape index (κ2) is 6.35. The number of thioether (sulfide) groups is 1. The topological polar surface area (TPSA) is 40.5 Å². The number of phenolic OH excluding ortho intramolecular Hbond substituents is 1. The maximum Gasteiger partial charge on any atom is 0.266 e. The molecular weight excluding hydrogens is 374 g/mol. The molecule has 1 N–H and O–H groups in total. The molecule has 1 aromatic carbocycles. The number of aromatic hydroxyl groups is 1. The van der Waals surface area contributed by atoms with Crippen LogP contribution in [0.4, 0.5) is 0 Å². The molecule has 5 aliphatic rings. The Morgan fingerprint density at radius 3 is 2.41 bits per heavy atom. The van der Waals surface area contributed by atoms with Crippen LogP contribution in [0.25, 0.3) is 6.08 Å². The minimum atomic E-state index is -0.0490. The number of nitrogens with zero attached hydrogens (tertiary/aromatic N) is 1. The number of thiocarbonyl (C=S) groups is 1. The first-order valence-electron chi connectivity index (χ1n) is 10.1. The van der Waals surface area contributed by atoms with E-state index in [2.05, 4.69) is 12.1 Å². The zero-order chi connectivity index (χ0) is 18.8. The molecule has 0 aromatic heterocycles. The maximum absolute atomic E-state index is 12.5. The van der Waals surface area contributed by atoms with Crippen molar-refractivity contribution in [1.29, 1.82) is 0 Å². The third kappa shape index (κ3) is 2.85. The highest BCUT2D eigenvalue weighted by Gasteiger charge is 2.51. The van der Waals surface area contributed by atoms with Crippen LogP contribution in [0.3, 0.4) is 0 Å². The number of benzene rings is 1. The number of carbonyl (C=O) groups excluding carboxylic acids is 1. The summed E-state index contributed by atoms with van der Waals surface area (Å²) in [6, 6.07) is 6.08. The van der Waals surface area contributed by atoms with Crippen LogP contribution in [0, 0.1) is 17.8 Å². The van der Waals surface area contributed by atoms with Gasteiger partial charge in [-0.05, 0) is 92.4 Å². The number of hydrogen-bond donors (Lipinski definition) is 1. The number of likely N-dealkylation sites (N-methyl/N-ethyl adjacent to an activating group) is 1. The summed E-state index contributed by atoms with van der Waals surface area (Å²) in [4.78, 5) is 14.8. The molecule has 1 aromatic rings. The molecule has 5 fully saturated rings. The smallest absolute Gasteiger partial charge is 0.266 e. The van der Waals surface area contributed by atoms with Gasteiger partial charge in [-0.15, -0.1) is 0 Å². The van der Waals surface area contributed by atoms with Gasteiger partial charge in [0.15, 0.2) is 0 Å². The molecule has 6 rings (SSSR count). The summed E-state index contributed by atoms with van der Waals surface area (Å²) in [5, 5.41) is 10.4. The third-order valence-corrected chi connectivity index (χ3v) is 8.53. The normalized spacial score (nSPS) is 36.3. The van der Waals surface area contributed by atoms with Gasteiger partial charge in [0.05, 0.1) is 4.91 Å². The van der Waals surface area contributed by atoms with Crippen molar-refractivity contribution in [3.05, 3.63) is 34.2 Å². The Kier molecular flexibility index (Phi) is 4.17. The minimum Gasteiger partial charge on any atom is -0.507 e. The van der Waals surface area contributed by atoms with Crippen LogP contribution in [0.15, 0.2) is 23.1 Å². The van der Waals surface area contributed by atoms with E-state index in [1.807, 2.05) is 19.1 Å². The van der Waals surface area contributed by atoms with E-state index in [9.17, 15) is 9.90 Å². The number of amides is 1. The molecule has 4 aliphatic carbocycles. The highest BCUT2D eigenvalue weighted by Crippen LogP contribution is 2.60. The number of hydrogen-bond acceptors (Lipinski definition) is 4. The van der Waals surface area contributed by atoms with E-state index in [0.29, 0.717) is 15.8 Å². The van der Waals surface area contributed by atoms with Gasteiger partial charge in [-0.2, -0.15) is 0 Å². The van der Waals surface area contributed by atoms with Crippen molar-refractivity contribution < 1.29 is 9.90 Å². The molecule has 0 radical (unpaired) electrons. The van der Waals surface area contributed by atoms with Gasteiger partial charge in [0, 0.05) is 12.1 Å². The standard InChI is InChI=1S/C22H25NO2S2/c1-2-23-20(25)19(27-21(23)26)9-16-8-17(3-4-18(16)24)22-10-13-5-14(11-22)7-15(6-13)12-22/h3-4,8-9,13-15,24H,2,5-7,10-12H2,1H3. The number of rotatable bonds is 3. The van der Waals surface area contributed by atoms with Crippen molar-refractivity contribution >= 4 is 40.3 Å². The van der Waals surface area contributed by atoms with Crippen LogP contribution in [-0.4, -0.2) is 26.8 Å². The number of carbonyl (C=O) groups is 1. The SMILES string of the molecule is CCN1C(=O)C(=Cc2cc(C34CC5CC(CC(C5)C3)C4)ccc2O)SC1=S. The van der Waals surface area contributed by atoms with Crippen LogP contribution in [0.5, 0.6) is 5.75 Å². The Hall–Kier alpha value is -1.33. The zero-order valence-electron chi connectivity index (χ0n) is 15.6. The monoisotopic (exact) mass is 399 g/mol. The Morgan fingerprint density at radius 1 is 1.22 bits per heavy atom. The van der Waals surface area contributed by atoms with E-state index in [-0.39, 0.29) is 17.1 Å². The molecule has 1 aliphatic heterocycles. The molecule has 0 unspecified atom stereocenters. The molecule has 1 heterocycles. The largest absolute Gasteiger partial charge is 0.507 e. The van der Waals surface area contributed by atoms with E-state index < -0.39 is 0 Å². The van der Waals surface area contributed by atoms with Gasteiger partial charge in [0.1, 0.15) is 10.1 Å². The highest BCUT2D eigenvalue weighted by atomic mass is 32.2. The summed E-state index contributed by atoms with van der Waals surface area (Å²) in [5.74, 6) is 2.84. The average molecular weight is 400 g/mol. The van der Waals surface area contributed by atoms with Crippen molar-refractivity contribution in [1.82, 2.24) is 4.90 Å². The fourth-order valence-electron chi connectivity index (χ4n) is 6.38. The fraction of sp³-hybridized carbons (Fsp3) is 0.545. The van der Waals surface area contributed by atoms with Crippen molar-refractivity contribution in [3.63, 3.8) is 0 Å². The second-order valence-corrected chi connectivity index (χ2v) is 10.6. The molecule has 3 nitrogen and oxygen atoms in total. The molecular formula is C22H25NO2S2. The summed E-state index contributed by atoms with van der Waals surface area (Å²) >= 11 is 6.64. The predicted molar refractivity (Wildman–Crippen MR) is 114 cm³/mol. The molecule has 1 saturated heterocycles. The van der Waals surface area contributed by atoms with E-state index in [4.69, 9.17) is 12.2 Å². The molecule has 0 atom stereocenters. The van der Waals surface area contributed by atoms with Crippen LogP contribution in [-0.2, 0) is 10.2 Å². The molecule has 0 spiro atoms. The lowest BCUT2D eigenvalue weighted by molar-refractivity contribution is -0.121. The van der Waals surface area contributed by atoms with Gasteiger partial charge in [-0.1, -0.05) is 30.0 Å². The first-order chi connectivity index (χ1) is 13.0. The Balaban J connectivity index is 1.50. The first-order valence-corrected chi connectivity index (χ1v) is 11.3. The molecule has 4 bridgehead atoms. The summed E-state index contributed by atoms with van der Waals surface area (Å²) in [6.45, 7) is 2.51. The molecule has 4 saturated carbocycles. The van der Waals surface area contributed by atoms with Crippen molar-refractivity contribution in [2.75, 3.05) is 6.54 Å². The Labute approximate surface area is 170 Å². The van der Waals surface area contributed by atoms with Crippen molar-refractivity contribution in [2.24, 2.45) is 17.8 Å². The zero-order valence-corrected chi connectivity index (χ0v) is 17.2. The molecule has 5 heteroatoms. The quantitative estimate of drug-likeness (QED) is 0.568. The van der Waals surface area contributed by atoms with Gasteiger partial charge < -0.3 is 5.11 Å². The van der Waals surface area contributed by atoms with Crippen LogP contribution in [0.1, 0.15) is 56.6 Å². The van der Waals surface area contributed by atoms with Gasteiger partial charge in [-0.25, -0.2) is 0 Å². The summed E-state index contributed by atoms with van der Waals surface area (Å²) in [6.07, 6.45) is 9.97. The minimum absolute atomic E-state index is 0.0490. The maximum atomic E-state index is 12.5. The Morgan fingerprint density at radius 2 is 1.85 bits per heavy atom. The van der Waals surface area contributed by atoms with E-state index >= 15 is 0 Å². The van der Waals surface area contributed by atoms with Gasteiger partial charge in [-0.3, -0.25) is 9.69 Å². The average Bonchev–Trinajstić information content (AvgIpc) is 2.88. The van der Waals surface area contributed by atoms with E-state index in [1.165, 1.54) is 55.9 Å². The van der Waals surface area contributed by atoms with Gasteiger partial charge >= 0.3 is 0 Å². The third-order valence-electron chi connectivity index (χ3n) is 7.15. The summed E-state index contributed by atoms with van der Waals surface area (Å²) in [7, 11) is 0. The van der Waals surface area contributed by atoms with Crippen LogP contribution in [0.2, 0.25) is 0 Å². The van der Waals surface area contributed by atoms with Gasteiger partial charge in [0.2, 0.25) is 0 Å². The van der Waals surface area contributed by atoms with Crippen LogP contribution < -0.4 is 0 Å². The van der Waals surface area contributed by atoms with Gasteiger partial charge in [0.25, 0.3) is 5.91 Å². The second-order valence-electron chi connectivity index (χ2n) is 8.90. The Bertz CT molecular complexity index is 825. The van der Waals surface area contributed by atoms with E-state index in [0.717, 1.165) is 23.3 Å². The molecule has 27 heavy (non-hydrogen) atoms. The summed E-state index contributed by atoms with van der Waals surface area (Å²) in [5.41, 5.74) is 2.39. The highest BCUT2D eigenvalue weighted by molar-refractivity contribution is 8.26. The summed E-state index contributed by atoms with van der Waals surface area (Å²) < 4.78 is 0.602. The van der Waals surface area contributed by atoms with Crippen molar-refractivity contribution in [2.45, 2.75) is 50.9 Å².